The summed E-state index contributed by atoms with van der Waals surface area (Å²) >= 11 is 0. The van der Waals surface area contributed by atoms with E-state index >= 15 is 0 Å². The minimum Gasteiger partial charge on any atom is -0.460 e. The number of hydrogen-bond acceptors (Lipinski definition) is 4. The molecule has 1 aliphatic carbocycles. The van der Waals surface area contributed by atoms with E-state index in [0.29, 0.717) is 19.4 Å². The lowest BCUT2D eigenvalue weighted by Crippen LogP contribution is -2.42. The molecular formula is C22H41NO4. The van der Waals surface area contributed by atoms with Crippen LogP contribution in [0.4, 0.5) is 0 Å². The Labute approximate surface area is 165 Å². The van der Waals surface area contributed by atoms with Gasteiger partial charge in [-0.25, -0.2) is 0 Å². The maximum atomic E-state index is 13.0. The van der Waals surface area contributed by atoms with Crippen molar-refractivity contribution in [1.82, 2.24) is 5.32 Å². The zero-order valence-corrected chi connectivity index (χ0v) is 18.2. The van der Waals surface area contributed by atoms with E-state index in [-0.39, 0.29) is 17.8 Å². The molecule has 1 unspecified atom stereocenters. The van der Waals surface area contributed by atoms with Gasteiger partial charge in [0.05, 0.1) is 5.92 Å². The Morgan fingerprint density at radius 3 is 2.33 bits per heavy atom. The Kier molecular flexibility index (Phi) is 10.4. The van der Waals surface area contributed by atoms with E-state index in [0.717, 1.165) is 45.1 Å². The number of esters is 1. The lowest BCUT2D eigenvalue weighted by atomic mass is 9.76. The number of carbonyl (C=O) groups excluding carboxylic acids is 2. The highest BCUT2D eigenvalue weighted by Crippen LogP contribution is 2.44. The van der Waals surface area contributed by atoms with Gasteiger partial charge in [-0.3, -0.25) is 9.59 Å². The summed E-state index contributed by atoms with van der Waals surface area (Å²) in [4.78, 5) is 25.8. The first kappa shape index (κ1) is 23.9. The van der Waals surface area contributed by atoms with Crippen LogP contribution in [0.5, 0.6) is 0 Å². The van der Waals surface area contributed by atoms with E-state index in [1.165, 1.54) is 12.8 Å². The van der Waals surface area contributed by atoms with Crippen LogP contribution in [0.2, 0.25) is 0 Å². The smallest absolute Gasteiger partial charge is 0.309 e. The second-order valence-electron chi connectivity index (χ2n) is 9.02. The lowest BCUT2D eigenvalue weighted by molar-refractivity contribution is -0.162. The van der Waals surface area contributed by atoms with Gasteiger partial charge in [-0.15, -0.1) is 0 Å². The van der Waals surface area contributed by atoms with Crippen molar-refractivity contribution in [1.29, 1.82) is 0 Å². The number of amides is 1. The first-order valence-corrected chi connectivity index (χ1v) is 10.7. The fourth-order valence-electron chi connectivity index (χ4n) is 3.94. The number of unbranched alkanes of at least 4 members (excludes halogenated alkanes) is 3. The summed E-state index contributed by atoms with van der Waals surface area (Å²) in [6, 6.07) is 0. The number of carbonyl (C=O) groups is 2. The van der Waals surface area contributed by atoms with Crippen LogP contribution in [0.15, 0.2) is 0 Å². The van der Waals surface area contributed by atoms with E-state index in [1.807, 2.05) is 20.8 Å². The van der Waals surface area contributed by atoms with E-state index in [1.54, 1.807) is 7.11 Å². The second-order valence-corrected chi connectivity index (χ2v) is 9.02. The molecule has 1 aliphatic rings. The van der Waals surface area contributed by atoms with Crippen molar-refractivity contribution in [3.05, 3.63) is 0 Å². The largest absolute Gasteiger partial charge is 0.460 e. The third-order valence-corrected chi connectivity index (χ3v) is 5.41. The summed E-state index contributed by atoms with van der Waals surface area (Å²) in [5.74, 6) is -0.378. The van der Waals surface area contributed by atoms with Gasteiger partial charge in [0.15, 0.2) is 0 Å². The molecule has 0 aromatic rings. The average molecular weight is 384 g/mol. The van der Waals surface area contributed by atoms with Crippen LogP contribution in [0.25, 0.3) is 0 Å². The molecule has 0 aromatic heterocycles. The zero-order chi connectivity index (χ0) is 20.3. The van der Waals surface area contributed by atoms with E-state index in [4.69, 9.17) is 9.47 Å². The fourth-order valence-corrected chi connectivity index (χ4v) is 3.94. The molecule has 1 amide bonds. The van der Waals surface area contributed by atoms with Gasteiger partial charge < -0.3 is 14.8 Å². The maximum absolute atomic E-state index is 13.0. The molecule has 1 saturated carbocycles. The molecule has 5 heteroatoms. The van der Waals surface area contributed by atoms with Crippen molar-refractivity contribution in [3.63, 3.8) is 0 Å². The zero-order valence-electron chi connectivity index (χ0n) is 18.2. The monoisotopic (exact) mass is 383 g/mol. The minimum absolute atomic E-state index is 0.127. The van der Waals surface area contributed by atoms with Crippen molar-refractivity contribution in [2.75, 3.05) is 20.3 Å². The Bertz CT molecular complexity index is 450. The fraction of sp³-hybridized carbons (Fsp3) is 0.909. The Morgan fingerprint density at radius 2 is 1.78 bits per heavy atom. The third-order valence-electron chi connectivity index (χ3n) is 5.41. The molecule has 0 saturated heterocycles. The Balaban J connectivity index is 2.76. The van der Waals surface area contributed by atoms with Gasteiger partial charge in [0, 0.05) is 25.7 Å². The van der Waals surface area contributed by atoms with Crippen molar-refractivity contribution in [2.24, 2.45) is 11.3 Å². The van der Waals surface area contributed by atoms with Gasteiger partial charge in [0.2, 0.25) is 5.91 Å². The summed E-state index contributed by atoms with van der Waals surface area (Å²) in [6.07, 6.45) is 9.55. The van der Waals surface area contributed by atoms with Gasteiger partial charge >= 0.3 is 5.97 Å². The normalized spacial score (nSPS) is 17.5. The van der Waals surface area contributed by atoms with E-state index < -0.39 is 11.0 Å². The predicted octanol–water partition coefficient (Wildman–Crippen LogP) is 4.63. The average Bonchev–Trinajstić information content (AvgIpc) is 3.06. The SMILES string of the molecule is CCCCCCNC(=O)C1(CC(CCOC)C(=O)OC(C)(C)C)CCCC1. The van der Waals surface area contributed by atoms with Gasteiger partial charge in [-0.2, -0.15) is 0 Å². The van der Waals surface area contributed by atoms with Crippen molar-refractivity contribution in [3.8, 4) is 0 Å². The first-order chi connectivity index (χ1) is 12.7. The summed E-state index contributed by atoms with van der Waals surface area (Å²) in [5, 5.41) is 3.15. The van der Waals surface area contributed by atoms with Crippen LogP contribution in [0.3, 0.4) is 0 Å². The van der Waals surface area contributed by atoms with Gasteiger partial charge in [-0.05, 0) is 52.9 Å². The first-order valence-electron chi connectivity index (χ1n) is 10.7. The molecule has 5 nitrogen and oxygen atoms in total. The van der Waals surface area contributed by atoms with Crippen LogP contribution in [0, 0.1) is 11.3 Å². The Morgan fingerprint density at radius 1 is 1.11 bits per heavy atom. The number of hydrogen-bond donors (Lipinski definition) is 1. The number of methoxy groups -OCH3 is 1. The second kappa shape index (κ2) is 11.7. The molecular weight excluding hydrogens is 342 g/mol. The van der Waals surface area contributed by atoms with Crippen LogP contribution in [0.1, 0.15) is 91.9 Å². The predicted molar refractivity (Wildman–Crippen MR) is 108 cm³/mol. The molecule has 0 aromatic carbocycles. The molecule has 0 radical (unpaired) electrons. The minimum atomic E-state index is -0.521. The number of rotatable bonds is 12. The van der Waals surface area contributed by atoms with Crippen molar-refractivity contribution in [2.45, 2.75) is 97.5 Å². The summed E-state index contributed by atoms with van der Waals surface area (Å²) in [7, 11) is 1.64. The topological polar surface area (TPSA) is 64.6 Å². The molecule has 1 fully saturated rings. The van der Waals surface area contributed by atoms with Gasteiger partial charge in [0.1, 0.15) is 5.60 Å². The van der Waals surface area contributed by atoms with Gasteiger partial charge in [-0.1, -0.05) is 39.0 Å². The summed E-state index contributed by atoms with van der Waals surface area (Å²) in [5.41, 5.74) is -0.952. The molecule has 0 bridgehead atoms. The molecule has 158 valence electrons. The molecule has 27 heavy (non-hydrogen) atoms. The van der Waals surface area contributed by atoms with E-state index in [2.05, 4.69) is 12.2 Å². The van der Waals surface area contributed by atoms with Crippen molar-refractivity contribution >= 4 is 11.9 Å². The van der Waals surface area contributed by atoms with Crippen molar-refractivity contribution < 1.29 is 19.1 Å². The van der Waals surface area contributed by atoms with Crippen LogP contribution >= 0.6 is 0 Å². The molecule has 1 N–H and O–H groups in total. The van der Waals surface area contributed by atoms with Crippen LogP contribution in [-0.4, -0.2) is 37.7 Å². The molecule has 0 heterocycles. The number of nitrogens with one attached hydrogen (secondary N) is 1. The quantitative estimate of drug-likeness (QED) is 0.394. The van der Waals surface area contributed by atoms with Crippen LogP contribution < -0.4 is 5.32 Å². The lowest BCUT2D eigenvalue weighted by Gasteiger charge is -2.32. The van der Waals surface area contributed by atoms with Gasteiger partial charge in [0.25, 0.3) is 0 Å². The molecule has 1 rings (SSSR count). The highest BCUT2D eigenvalue weighted by molar-refractivity contribution is 5.84. The molecule has 1 atom stereocenters. The highest BCUT2D eigenvalue weighted by Gasteiger charge is 2.44. The Hall–Kier alpha value is -1.10. The molecule has 0 spiro atoms. The highest BCUT2D eigenvalue weighted by atomic mass is 16.6. The summed E-state index contributed by atoms with van der Waals surface area (Å²) < 4.78 is 10.8. The van der Waals surface area contributed by atoms with E-state index in [9.17, 15) is 9.59 Å². The number of ether oxygens (including phenoxy) is 2. The molecule has 0 aliphatic heterocycles. The maximum Gasteiger partial charge on any atom is 0.309 e. The standard InChI is InChI=1S/C22H41NO4/c1-6-7-8-11-15-23-20(25)22(13-9-10-14-22)17-18(12-16-26-5)19(24)27-21(2,3)4/h18H,6-17H2,1-5H3,(H,23,25). The third kappa shape index (κ3) is 8.63. The summed E-state index contributed by atoms with van der Waals surface area (Å²) in [6.45, 7) is 9.06. The van der Waals surface area contributed by atoms with Crippen LogP contribution in [-0.2, 0) is 19.1 Å².